The van der Waals surface area contributed by atoms with Crippen LogP contribution in [0.25, 0.3) is 11.0 Å². The first-order valence-corrected chi connectivity index (χ1v) is 7.31. The number of nitrogens with two attached hydrogens (primary N) is 1. The van der Waals surface area contributed by atoms with E-state index in [0.29, 0.717) is 17.3 Å². The maximum absolute atomic E-state index is 5.91. The third-order valence-electron chi connectivity index (χ3n) is 4.70. The second-order valence-electron chi connectivity index (χ2n) is 6.25. The van der Waals surface area contributed by atoms with E-state index in [1.54, 1.807) is 6.33 Å². The van der Waals surface area contributed by atoms with Crippen LogP contribution in [0.3, 0.4) is 0 Å². The van der Waals surface area contributed by atoms with Crippen molar-refractivity contribution in [2.75, 3.05) is 5.73 Å². The second kappa shape index (κ2) is 4.93. The van der Waals surface area contributed by atoms with Gasteiger partial charge in [-0.25, -0.2) is 9.97 Å². The van der Waals surface area contributed by atoms with Crippen LogP contribution in [0.1, 0.15) is 45.1 Å². The van der Waals surface area contributed by atoms with Gasteiger partial charge in [-0.1, -0.05) is 13.0 Å². The molecule has 20 heavy (non-hydrogen) atoms. The summed E-state index contributed by atoms with van der Waals surface area (Å²) in [6.07, 6.45) is 11.7. The zero-order valence-corrected chi connectivity index (χ0v) is 12.0. The summed E-state index contributed by atoms with van der Waals surface area (Å²) in [7, 11) is 0. The number of allylic oxidation sites excluding steroid dienone is 1. The molecule has 1 aliphatic rings. The van der Waals surface area contributed by atoms with Crippen molar-refractivity contribution >= 4 is 16.9 Å². The van der Waals surface area contributed by atoms with Crippen molar-refractivity contribution in [2.45, 2.75) is 45.1 Å². The van der Waals surface area contributed by atoms with Crippen LogP contribution in [0.5, 0.6) is 0 Å². The molecule has 0 radical (unpaired) electrons. The Morgan fingerprint density at radius 2 is 2.40 bits per heavy atom. The highest BCUT2D eigenvalue weighted by Crippen LogP contribution is 2.47. The Morgan fingerprint density at radius 3 is 3.20 bits per heavy atom. The average molecular weight is 270 g/mol. The number of rotatable bonds is 4. The van der Waals surface area contributed by atoms with Crippen molar-refractivity contribution in [1.82, 2.24) is 14.5 Å². The molecule has 0 saturated heterocycles. The minimum absolute atomic E-state index is 0.425. The monoisotopic (exact) mass is 270 g/mol. The number of nitrogens with zero attached hydrogens (tertiary/aromatic N) is 3. The van der Waals surface area contributed by atoms with E-state index >= 15 is 0 Å². The molecular weight excluding hydrogens is 248 g/mol. The van der Waals surface area contributed by atoms with Gasteiger partial charge < -0.3 is 10.3 Å². The molecule has 2 N–H and O–H groups in total. The second-order valence-corrected chi connectivity index (χ2v) is 6.25. The number of nitrogen functional groups attached to an aromatic ring is 1. The van der Waals surface area contributed by atoms with Crippen molar-refractivity contribution in [1.29, 1.82) is 0 Å². The Bertz CT molecular complexity index is 630. The lowest BCUT2D eigenvalue weighted by Gasteiger charge is -2.23. The third kappa shape index (κ3) is 2.19. The fraction of sp³-hybridized carbons (Fsp3) is 0.500. The van der Waals surface area contributed by atoms with Gasteiger partial charge in [0.15, 0.2) is 0 Å². The Morgan fingerprint density at radius 1 is 1.55 bits per heavy atom. The van der Waals surface area contributed by atoms with Gasteiger partial charge in [0, 0.05) is 12.2 Å². The SMILES string of the molecule is C=CCC[C@]1(C)CCC(n2ccc3c(N)ncnc32)C1. The Kier molecular flexibility index (Phi) is 3.24. The minimum atomic E-state index is 0.425. The molecule has 2 aromatic heterocycles. The molecule has 3 rings (SSSR count). The van der Waals surface area contributed by atoms with Crippen molar-refractivity contribution in [3.05, 3.63) is 31.2 Å². The zero-order valence-electron chi connectivity index (χ0n) is 12.0. The molecule has 1 saturated carbocycles. The highest BCUT2D eigenvalue weighted by atomic mass is 15.1. The van der Waals surface area contributed by atoms with Crippen LogP contribution in [0, 0.1) is 5.41 Å². The van der Waals surface area contributed by atoms with Gasteiger partial charge in [0.05, 0.1) is 5.39 Å². The Labute approximate surface area is 119 Å². The molecule has 1 aliphatic carbocycles. The predicted octanol–water partition coefficient (Wildman–Crippen LogP) is 3.71. The average Bonchev–Trinajstić information content (AvgIpc) is 3.02. The largest absolute Gasteiger partial charge is 0.383 e. The molecular formula is C16H22N4. The number of anilines is 1. The molecule has 0 amide bonds. The smallest absolute Gasteiger partial charge is 0.145 e. The first kappa shape index (κ1) is 13.2. The Balaban J connectivity index is 1.86. The quantitative estimate of drug-likeness (QED) is 0.862. The fourth-order valence-electron chi connectivity index (χ4n) is 3.49. The molecule has 1 unspecified atom stereocenters. The summed E-state index contributed by atoms with van der Waals surface area (Å²) in [6, 6.07) is 2.56. The van der Waals surface area contributed by atoms with Crippen LogP contribution >= 0.6 is 0 Å². The predicted molar refractivity (Wildman–Crippen MR) is 82.4 cm³/mol. The maximum Gasteiger partial charge on any atom is 0.145 e. The maximum atomic E-state index is 5.91. The lowest BCUT2D eigenvalue weighted by atomic mass is 9.83. The van der Waals surface area contributed by atoms with Gasteiger partial charge >= 0.3 is 0 Å². The van der Waals surface area contributed by atoms with Crippen LogP contribution in [-0.4, -0.2) is 14.5 Å². The number of hydrogen-bond acceptors (Lipinski definition) is 3. The van der Waals surface area contributed by atoms with Gasteiger partial charge in [-0.15, -0.1) is 6.58 Å². The molecule has 2 atom stereocenters. The molecule has 2 aromatic rings. The summed E-state index contributed by atoms with van der Waals surface area (Å²) >= 11 is 0. The highest BCUT2D eigenvalue weighted by molar-refractivity contribution is 5.86. The molecule has 106 valence electrons. The molecule has 1 fully saturated rings. The van der Waals surface area contributed by atoms with Gasteiger partial charge in [-0.3, -0.25) is 0 Å². The van der Waals surface area contributed by atoms with Crippen molar-refractivity contribution in [2.24, 2.45) is 5.41 Å². The van der Waals surface area contributed by atoms with Crippen LogP contribution in [-0.2, 0) is 0 Å². The summed E-state index contributed by atoms with van der Waals surface area (Å²) in [5.74, 6) is 0.571. The summed E-state index contributed by atoms with van der Waals surface area (Å²) in [6.45, 7) is 6.23. The van der Waals surface area contributed by atoms with E-state index in [-0.39, 0.29) is 0 Å². The normalized spacial score (nSPS) is 26.1. The standard InChI is InChI=1S/C16H22N4/c1-3-4-7-16(2)8-5-12(10-16)20-9-6-13-14(17)18-11-19-15(13)20/h3,6,9,11-12H,1,4-5,7-8,10H2,2H3,(H2,17,18,19)/t12?,16-/m1/s1. The van der Waals surface area contributed by atoms with E-state index in [1.807, 2.05) is 12.1 Å². The van der Waals surface area contributed by atoms with Crippen molar-refractivity contribution in [3.63, 3.8) is 0 Å². The third-order valence-corrected chi connectivity index (χ3v) is 4.70. The summed E-state index contributed by atoms with van der Waals surface area (Å²) in [5, 5.41) is 0.965. The molecule has 0 spiro atoms. The van der Waals surface area contributed by atoms with Crippen LogP contribution in [0.15, 0.2) is 31.2 Å². The van der Waals surface area contributed by atoms with Crippen molar-refractivity contribution < 1.29 is 0 Å². The van der Waals surface area contributed by atoms with E-state index < -0.39 is 0 Å². The first-order valence-electron chi connectivity index (χ1n) is 7.31. The van der Waals surface area contributed by atoms with E-state index in [4.69, 9.17) is 5.73 Å². The number of aromatic nitrogens is 3. The lowest BCUT2D eigenvalue weighted by Crippen LogP contribution is -2.13. The first-order chi connectivity index (χ1) is 9.63. The van der Waals surface area contributed by atoms with Crippen LogP contribution in [0.2, 0.25) is 0 Å². The lowest BCUT2D eigenvalue weighted by molar-refractivity contribution is 0.297. The summed E-state index contributed by atoms with van der Waals surface area (Å²) in [4.78, 5) is 8.47. The van der Waals surface area contributed by atoms with E-state index in [2.05, 4.69) is 34.2 Å². The van der Waals surface area contributed by atoms with Crippen LogP contribution < -0.4 is 5.73 Å². The molecule has 0 aliphatic heterocycles. The van der Waals surface area contributed by atoms with Gasteiger partial charge in [-0.2, -0.15) is 0 Å². The minimum Gasteiger partial charge on any atom is -0.383 e. The van der Waals surface area contributed by atoms with Gasteiger partial charge in [0.25, 0.3) is 0 Å². The topological polar surface area (TPSA) is 56.7 Å². The fourth-order valence-corrected chi connectivity index (χ4v) is 3.49. The van der Waals surface area contributed by atoms with E-state index in [1.165, 1.54) is 25.7 Å². The molecule has 4 nitrogen and oxygen atoms in total. The molecule has 0 bridgehead atoms. The van der Waals surface area contributed by atoms with Gasteiger partial charge in [0.1, 0.15) is 17.8 Å². The van der Waals surface area contributed by atoms with Crippen molar-refractivity contribution in [3.8, 4) is 0 Å². The molecule has 2 heterocycles. The van der Waals surface area contributed by atoms with E-state index in [0.717, 1.165) is 17.5 Å². The summed E-state index contributed by atoms with van der Waals surface area (Å²) < 4.78 is 2.28. The summed E-state index contributed by atoms with van der Waals surface area (Å²) in [5.41, 5.74) is 7.30. The Hall–Kier alpha value is -1.84. The van der Waals surface area contributed by atoms with E-state index in [9.17, 15) is 0 Å². The molecule has 4 heteroatoms. The van der Waals surface area contributed by atoms with Gasteiger partial charge in [-0.05, 0) is 43.6 Å². The molecule has 0 aromatic carbocycles. The number of hydrogen-bond donors (Lipinski definition) is 1. The van der Waals surface area contributed by atoms with Gasteiger partial charge in [0.2, 0.25) is 0 Å². The number of fused-ring (bicyclic) bond motifs is 1. The highest BCUT2D eigenvalue weighted by Gasteiger charge is 2.35. The van der Waals surface area contributed by atoms with Crippen LogP contribution in [0.4, 0.5) is 5.82 Å². The zero-order chi connectivity index (χ0) is 14.2.